The highest BCUT2D eigenvalue weighted by molar-refractivity contribution is 5.62. The first kappa shape index (κ1) is 14.5. The summed E-state index contributed by atoms with van der Waals surface area (Å²) in [4.78, 5) is 0. The Labute approximate surface area is 119 Å². The molecule has 2 aromatic rings. The van der Waals surface area contributed by atoms with Crippen LogP contribution in [0.2, 0.25) is 0 Å². The SMILES string of the molecule is COC(C)(C)CCNc1ccc(-c2nnco2)cc1C. The lowest BCUT2D eigenvalue weighted by atomic mass is 10.0. The van der Waals surface area contributed by atoms with Crippen LogP contribution in [-0.4, -0.2) is 29.5 Å². The normalized spacial score (nSPS) is 11.6. The minimum atomic E-state index is -0.107. The highest BCUT2D eigenvalue weighted by atomic mass is 16.5. The molecule has 1 N–H and O–H groups in total. The van der Waals surface area contributed by atoms with Crippen molar-refractivity contribution < 1.29 is 9.15 Å². The van der Waals surface area contributed by atoms with Gasteiger partial charge in [0.1, 0.15) is 0 Å². The molecule has 0 amide bonds. The van der Waals surface area contributed by atoms with E-state index in [9.17, 15) is 0 Å². The van der Waals surface area contributed by atoms with Crippen LogP contribution in [0.3, 0.4) is 0 Å². The monoisotopic (exact) mass is 275 g/mol. The molecule has 0 aliphatic rings. The molecule has 0 bridgehead atoms. The number of hydrogen-bond acceptors (Lipinski definition) is 5. The molecule has 2 rings (SSSR count). The van der Waals surface area contributed by atoms with Crippen LogP contribution in [0, 0.1) is 6.92 Å². The van der Waals surface area contributed by atoms with Crippen LogP contribution in [0.4, 0.5) is 5.69 Å². The lowest BCUT2D eigenvalue weighted by molar-refractivity contribution is 0.0185. The van der Waals surface area contributed by atoms with Crippen molar-refractivity contribution in [1.29, 1.82) is 0 Å². The van der Waals surface area contributed by atoms with Crippen molar-refractivity contribution in [3.8, 4) is 11.5 Å². The third-order valence-corrected chi connectivity index (χ3v) is 3.43. The highest BCUT2D eigenvalue weighted by Gasteiger charge is 2.15. The van der Waals surface area contributed by atoms with Crippen molar-refractivity contribution in [1.82, 2.24) is 10.2 Å². The molecule has 0 saturated heterocycles. The summed E-state index contributed by atoms with van der Waals surface area (Å²) in [6, 6.07) is 6.05. The van der Waals surface area contributed by atoms with Gasteiger partial charge in [-0.3, -0.25) is 0 Å². The van der Waals surface area contributed by atoms with Gasteiger partial charge in [-0.15, -0.1) is 10.2 Å². The Bertz CT molecular complexity index is 550. The Hall–Kier alpha value is -1.88. The van der Waals surface area contributed by atoms with Crippen LogP contribution in [0.5, 0.6) is 0 Å². The Kier molecular flexibility index (Phi) is 4.39. The maximum Gasteiger partial charge on any atom is 0.247 e. The van der Waals surface area contributed by atoms with Gasteiger partial charge >= 0.3 is 0 Å². The summed E-state index contributed by atoms with van der Waals surface area (Å²) < 4.78 is 10.6. The zero-order chi connectivity index (χ0) is 14.6. The fraction of sp³-hybridized carbons (Fsp3) is 0.467. The standard InChI is InChI=1S/C15H21N3O2/c1-11-9-12(14-18-17-10-20-14)5-6-13(11)16-8-7-15(2,3)19-4/h5-6,9-10,16H,7-8H2,1-4H3. The molecule has 0 saturated carbocycles. The average Bonchev–Trinajstić information content (AvgIpc) is 2.94. The predicted molar refractivity (Wildman–Crippen MR) is 78.7 cm³/mol. The fourth-order valence-electron chi connectivity index (χ4n) is 1.89. The van der Waals surface area contributed by atoms with Gasteiger partial charge in [-0.25, -0.2) is 0 Å². The van der Waals surface area contributed by atoms with Gasteiger partial charge in [-0.2, -0.15) is 0 Å². The van der Waals surface area contributed by atoms with Crippen molar-refractivity contribution in [2.75, 3.05) is 19.0 Å². The zero-order valence-electron chi connectivity index (χ0n) is 12.4. The topological polar surface area (TPSA) is 60.2 Å². The van der Waals surface area contributed by atoms with E-state index in [1.54, 1.807) is 7.11 Å². The summed E-state index contributed by atoms with van der Waals surface area (Å²) in [6.45, 7) is 7.09. The van der Waals surface area contributed by atoms with Gasteiger partial charge in [0.25, 0.3) is 0 Å². The molecule has 0 aliphatic carbocycles. The second-order valence-electron chi connectivity index (χ2n) is 5.41. The van der Waals surface area contributed by atoms with Crippen molar-refractivity contribution in [3.05, 3.63) is 30.2 Å². The molecule has 5 heteroatoms. The number of hydrogen-bond donors (Lipinski definition) is 1. The largest absolute Gasteiger partial charge is 0.423 e. The maximum absolute atomic E-state index is 5.41. The lowest BCUT2D eigenvalue weighted by Gasteiger charge is -2.23. The van der Waals surface area contributed by atoms with Gasteiger partial charge in [0.2, 0.25) is 12.3 Å². The molecule has 0 radical (unpaired) electrons. The van der Waals surface area contributed by atoms with Gasteiger partial charge in [0, 0.05) is 24.9 Å². The van der Waals surface area contributed by atoms with E-state index in [4.69, 9.17) is 9.15 Å². The van der Waals surface area contributed by atoms with Crippen LogP contribution < -0.4 is 5.32 Å². The van der Waals surface area contributed by atoms with Crippen molar-refractivity contribution >= 4 is 5.69 Å². The van der Waals surface area contributed by atoms with Crippen LogP contribution in [0.1, 0.15) is 25.8 Å². The van der Waals surface area contributed by atoms with Crippen LogP contribution >= 0.6 is 0 Å². The Balaban J connectivity index is 2.00. The first-order valence-electron chi connectivity index (χ1n) is 6.68. The predicted octanol–water partition coefficient (Wildman–Crippen LogP) is 3.27. The van der Waals surface area contributed by atoms with Crippen LogP contribution in [0.25, 0.3) is 11.5 Å². The summed E-state index contributed by atoms with van der Waals surface area (Å²) in [7, 11) is 1.74. The molecule has 0 unspecified atom stereocenters. The molecule has 0 fully saturated rings. The van der Waals surface area contributed by atoms with Gasteiger partial charge in [0.05, 0.1) is 5.60 Å². The minimum Gasteiger partial charge on any atom is -0.423 e. The molecular weight excluding hydrogens is 254 g/mol. The van der Waals surface area contributed by atoms with E-state index < -0.39 is 0 Å². The third-order valence-electron chi connectivity index (χ3n) is 3.43. The second kappa shape index (κ2) is 6.05. The lowest BCUT2D eigenvalue weighted by Crippen LogP contribution is -2.25. The number of benzene rings is 1. The van der Waals surface area contributed by atoms with E-state index in [0.717, 1.165) is 29.8 Å². The second-order valence-corrected chi connectivity index (χ2v) is 5.41. The summed E-state index contributed by atoms with van der Waals surface area (Å²) >= 11 is 0. The summed E-state index contributed by atoms with van der Waals surface area (Å²) in [5.41, 5.74) is 3.09. The Morgan fingerprint density at radius 2 is 2.15 bits per heavy atom. The van der Waals surface area contributed by atoms with E-state index in [1.165, 1.54) is 6.39 Å². The van der Waals surface area contributed by atoms with E-state index in [1.807, 2.05) is 18.2 Å². The van der Waals surface area contributed by atoms with Crippen LogP contribution in [-0.2, 0) is 4.74 Å². The molecule has 0 atom stereocenters. The first-order chi connectivity index (χ1) is 9.52. The third kappa shape index (κ3) is 3.57. The number of nitrogens with zero attached hydrogens (tertiary/aromatic N) is 2. The van der Waals surface area contributed by atoms with Crippen molar-refractivity contribution in [2.24, 2.45) is 0 Å². The van der Waals surface area contributed by atoms with Crippen LogP contribution in [0.15, 0.2) is 29.0 Å². The van der Waals surface area contributed by atoms with Gasteiger partial charge < -0.3 is 14.5 Å². The molecule has 1 aromatic carbocycles. The molecule has 1 aromatic heterocycles. The zero-order valence-corrected chi connectivity index (χ0v) is 12.4. The average molecular weight is 275 g/mol. The number of rotatable bonds is 6. The maximum atomic E-state index is 5.41. The van der Waals surface area contributed by atoms with Crippen molar-refractivity contribution in [2.45, 2.75) is 32.8 Å². The number of aromatic nitrogens is 2. The number of aryl methyl sites for hydroxylation is 1. The number of nitrogens with one attached hydrogen (secondary N) is 1. The van der Waals surface area contributed by atoms with E-state index in [0.29, 0.717) is 5.89 Å². The number of ether oxygens (including phenoxy) is 1. The number of anilines is 1. The van der Waals surface area contributed by atoms with Gasteiger partial charge in [-0.05, 0) is 51.0 Å². The fourth-order valence-corrected chi connectivity index (χ4v) is 1.89. The molecule has 108 valence electrons. The molecule has 5 nitrogen and oxygen atoms in total. The number of methoxy groups -OCH3 is 1. The highest BCUT2D eigenvalue weighted by Crippen LogP contribution is 2.23. The van der Waals surface area contributed by atoms with Gasteiger partial charge in [-0.1, -0.05) is 0 Å². The Morgan fingerprint density at radius 3 is 2.75 bits per heavy atom. The molecule has 20 heavy (non-hydrogen) atoms. The summed E-state index contributed by atoms with van der Waals surface area (Å²) in [5.74, 6) is 0.542. The van der Waals surface area contributed by atoms with E-state index in [-0.39, 0.29) is 5.60 Å². The van der Waals surface area contributed by atoms with Crippen molar-refractivity contribution in [3.63, 3.8) is 0 Å². The molecule has 0 spiro atoms. The summed E-state index contributed by atoms with van der Waals surface area (Å²) in [6.07, 6.45) is 2.28. The smallest absolute Gasteiger partial charge is 0.247 e. The first-order valence-corrected chi connectivity index (χ1v) is 6.68. The molecule has 0 aliphatic heterocycles. The Morgan fingerprint density at radius 1 is 1.35 bits per heavy atom. The minimum absolute atomic E-state index is 0.107. The van der Waals surface area contributed by atoms with E-state index >= 15 is 0 Å². The summed E-state index contributed by atoms with van der Waals surface area (Å²) in [5, 5.41) is 11.0. The molecular formula is C15H21N3O2. The van der Waals surface area contributed by atoms with E-state index in [2.05, 4.69) is 36.3 Å². The quantitative estimate of drug-likeness (QED) is 0.876. The molecule has 1 heterocycles. The van der Waals surface area contributed by atoms with Gasteiger partial charge in [0.15, 0.2) is 0 Å².